The Morgan fingerprint density at radius 1 is 1.08 bits per heavy atom. The second-order valence-corrected chi connectivity index (χ2v) is 7.28. The van der Waals surface area contributed by atoms with Gasteiger partial charge in [-0.15, -0.1) is 0 Å². The Morgan fingerprint density at radius 2 is 1.80 bits per heavy atom. The van der Waals surface area contributed by atoms with E-state index in [4.69, 9.17) is 11.6 Å². The molecule has 0 unspecified atom stereocenters. The summed E-state index contributed by atoms with van der Waals surface area (Å²) < 4.78 is 0. The maximum absolute atomic E-state index is 13.2. The molecule has 4 nitrogen and oxygen atoms in total. The third kappa shape index (κ3) is 2.91. The van der Waals surface area contributed by atoms with Gasteiger partial charge in [-0.3, -0.25) is 9.59 Å². The van der Waals surface area contributed by atoms with Crippen LogP contribution in [0.5, 0.6) is 0 Å². The fourth-order valence-corrected chi connectivity index (χ4v) is 4.08. The monoisotopic (exact) mass is 354 g/mol. The van der Waals surface area contributed by atoms with E-state index >= 15 is 0 Å². The van der Waals surface area contributed by atoms with Crippen molar-refractivity contribution in [2.75, 3.05) is 10.6 Å². The molecule has 2 aromatic rings. The van der Waals surface area contributed by atoms with Gasteiger partial charge < -0.3 is 10.6 Å². The van der Waals surface area contributed by atoms with Crippen molar-refractivity contribution >= 4 is 34.8 Å². The van der Waals surface area contributed by atoms with Crippen molar-refractivity contribution in [1.29, 1.82) is 0 Å². The lowest BCUT2D eigenvalue weighted by Crippen LogP contribution is -2.38. The molecule has 1 aliphatic heterocycles. The number of nitrogens with one attached hydrogen (secondary N) is 2. The minimum absolute atomic E-state index is 0.00750. The molecule has 2 aliphatic rings. The van der Waals surface area contributed by atoms with E-state index in [1.54, 1.807) is 0 Å². The topological polar surface area (TPSA) is 58.2 Å². The van der Waals surface area contributed by atoms with Crippen LogP contribution in [0.2, 0.25) is 5.02 Å². The summed E-state index contributed by atoms with van der Waals surface area (Å²) in [6.45, 7) is 0. The minimum Gasteiger partial charge on any atom is -0.326 e. The summed E-state index contributed by atoms with van der Waals surface area (Å²) in [4.78, 5) is 24.7. The minimum atomic E-state index is -0.502. The molecule has 0 saturated heterocycles. The fraction of sp³-hybridized carbons (Fsp3) is 0.300. The van der Waals surface area contributed by atoms with Gasteiger partial charge in [-0.2, -0.15) is 0 Å². The largest absolute Gasteiger partial charge is 0.326 e. The zero-order valence-electron chi connectivity index (χ0n) is 13.8. The van der Waals surface area contributed by atoms with E-state index in [2.05, 4.69) is 10.6 Å². The molecule has 1 saturated carbocycles. The normalized spacial score (nSPS) is 17.9. The summed E-state index contributed by atoms with van der Waals surface area (Å²) in [6, 6.07) is 13.2. The molecule has 0 atom stereocenters. The summed E-state index contributed by atoms with van der Waals surface area (Å²) in [6.07, 6.45) is 4.12. The number of hydrogen-bond acceptors (Lipinski definition) is 2. The first-order chi connectivity index (χ1) is 12.1. The fourth-order valence-electron chi connectivity index (χ4n) is 3.95. The highest BCUT2D eigenvalue weighted by molar-refractivity contribution is 6.30. The third-order valence-corrected chi connectivity index (χ3v) is 5.53. The summed E-state index contributed by atoms with van der Waals surface area (Å²) >= 11 is 6.01. The number of halogens is 1. The van der Waals surface area contributed by atoms with Gasteiger partial charge in [0.2, 0.25) is 11.8 Å². The molecular formula is C20H19ClN2O2. The molecule has 2 aromatic carbocycles. The number of anilines is 2. The van der Waals surface area contributed by atoms with E-state index in [0.29, 0.717) is 11.4 Å². The number of benzene rings is 2. The number of fused-ring (bicyclic) bond motifs is 1. The van der Waals surface area contributed by atoms with E-state index in [1.807, 2.05) is 42.5 Å². The summed E-state index contributed by atoms with van der Waals surface area (Å²) in [5.41, 5.74) is 3.01. The van der Waals surface area contributed by atoms with Crippen LogP contribution in [0.15, 0.2) is 42.5 Å². The number of carbonyl (C=O) groups excluding carboxylic acids is 2. The zero-order chi connectivity index (χ0) is 17.4. The van der Waals surface area contributed by atoms with Crippen LogP contribution in [0.25, 0.3) is 0 Å². The molecular weight excluding hydrogens is 336 g/mol. The molecule has 128 valence electrons. The zero-order valence-corrected chi connectivity index (χ0v) is 14.5. The lowest BCUT2D eigenvalue weighted by molar-refractivity contribution is -0.121. The first kappa shape index (κ1) is 16.2. The highest BCUT2D eigenvalue weighted by Gasteiger charge is 2.42. The van der Waals surface area contributed by atoms with Gasteiger partial charge in [0.1, 0.15) is 0 Å². The van der Waals surface area contributed by atoms with Gasteiger partial charge in [-0.05, 0) is 54.3 Å². The van der Waals surface area contributed by atoms with Gasteiger partial charge >= 0.3 is 0 Å². The molecule has 5 heteroatoms. The maximum Gasteiger partial charge on any atom is 0.235 e. The van der Waals surface area contributed by atoms with E-state index in [0.717, 1.165) is 48.2 Å². The van der Waals surface area contributed by atoms with Crippen molar-refractivity contribution in [2.24, 2.45) is 0 Å². The van der Waals surface area contributed by atoms with Crippen molar-refractivity contribution in [2.45, 2.75) is 37.5 Å². The van der Waals surface area contributed by atoms with E-state index in [-0.39, 0.29) is 11.8 Å². The molecule has 4 rings (SSSR count). The molecule has 1 aliphatic carbocycles. The summed E-state index contributed by atoms with van der Waals surface area (Å²) in [7, 11) is 0. The van der Waals surface area contributed by atoms with Crippen LogP contribution in [-0.2, 0) is 21.4 Å². The highest BCUT2D eigenvalue weighted by Crippen LogP contribution is 2.42. The summed E-state index contributed by atoms with van der Waals surface area (Å²) in [5, 5.41) is 6.55. The SMILES string of the molecule is O=C1Cc2cc(NC(=O)C3(c4ccc(Cl)cc4)CCCC3)ccc2N1. The van der Waals surface area contributed by atoms with Crippen molar-refractivity contribution in [3.05, 3.63) is 58.6 Å². The van der Waals surface area contributed by atoms with Gasteiger partial charge in [-0.25, -0.2) is 0 Å². The first-order valence-corrected chi connectivity index (χ1v) is 8.95. The Bertz CT molecular complexity index is 839. The Hall–Kier alpha value is -2.33. The Balaban J connectivity index is 1.61. The smallest absolute Gasteiger partial charge is 0.235 e. The van der Waals surface area contributed by atoms with Crippen molar-refractivity contribution < 1.29 is 9.59 Å². The second-order valence-electron chi connectivity index (χ2n) is 6.85. The molecule has 1 fully saturated rings. The first-order valence-electron chi connectivity index (χ1n) is 8.57. The summed E-state index contributed by atoms with van der Waals surface area (Å²) in [5.74, 6) is 0.0106. The van der Waals surface area contributed by atoms with Crippen molar-refractivity contribution in [1.82, 2.24) is 0 Å². The molecule has 0 aromatic heterocycles. The van der Waals surface area contributed by atoms with E-state index in [1.165, 1.54) is 0 Å². The maximum atomic E-state index is 13.2. The Kier molecular flexibility index (Phi) is 4.00. The molecule has 0 bridgehead atoms. The highest BCUT2D eigenvalue weighted by atomic mass is 35.5. The Labute approximate surface area is 151 Å². The lowest BCUT2D eigenvalue weighted by atomic mass is 9.78. The molecule has 0 radical (unpaired) electrons. The van der Waals surface area contributed by atoms with Crippen LogP contribution < -0.4 is 10.6 Å². The van der Waals surface area contributed by atoms with Gasteiger partial charge in [0, 0.05) is 16.4 Å². The predicted molar refractivity (Wildman–Crippen MR) is 99.0 cm³/mol. The quantitative estimate of drug-likeness (QED) is 0.864. The van der Waals surface area contributed by atoms with Crippen molar-refractivity contribution in [3.63, 3.8) is 0 Å². The predicted octanol–water partition coefficient (Wildman–Crippen LogP) is 4.29. The molecule has 2 N–H and O–H groups in total. The number of amides is 2. The van der Waals surface area contributed by atoms with Gasteiger partial charge in [0.25, 0.3) is 0 Å². The third-order valence-electron chi connectivity index (χ3n) is 5.28. The molecule has 25 heavy (non-hydrogen) atoms. The lowest BCUT2D eigenvalue weighted by Gasteiger charge is -2.28. The molecule has 1 heterocycles. The van der Waals surface area contributed by atoms with Crippen LogP contribution in [0.4, 0.5) is 11.4 Å². The van der Waals surface area contributed by atoms with E-state index in [9.17, 15) is 9.59 Å². The number of carbonyl (C=O) groups is 2. The second kappa shape index (κ2) is 6.19. The van der Waals surface area contributed by atoms with Gasteiger partial charge in [0.15, 0.2) is 0 Å². The van der Waals surface area contributed by atoms with Crippen LogP contribution >= 0.6 is 11.6 Å². The van der Waals surface area contributed by atoms with Crippen LogP contribution in [0.1, 0.15) is 36.8 Å². The van der Waals surface area contributed by atoms with Crippen LogP contribution in [-0.4, -0.2) is 11.8 Å². The standard InChI is InChI=1S/C20H19ClN2O2/c21-15-5-3-14(4-6-15)20(9-1-2-10-20)19(25)22-16-7-8-17-13(11-16)12-18(24)23-17/h3-8,11H,1-2,9-10,12H2,(H,22,25)(H,23,24). The van der Waals surface area contributed by atoms with Crippen LogP contribution in [0, 0.1) is 0 Å². The van der Waals surface area contributed by atoms with Gasteiger partial charge in [0.05, 0.1) is 11.8 Å². The average Bonchev–Trinajstić information content (AvgIpc) is 3.21. The van der Waals surface area contributed by atoms with Crippen LogP contribution in [0.3, 0.4) is 0 Å². The van der Waals surface area contributed by atoms with E-state index < -0.39 is 5.41 Å². The number of hydrogen-bond donors (Lipinski definition) is 2. The molecule has 2 amide bonds. The average molecular weight is 355 g/mol. The molecule has 0 spiro atoms. The number of rotatable bonds is 3. The van der Waals surface area contributed by atoms with Gasteiger partial charge in [-0.1, -0.05) is 36.6 Å². The van der Waals surface area contributed by atoms with Crippen molar-refractivity contribution in [3.8, 4) is 0 Å². The Morgan fingerprint density at radius 3 is 2.52 bits per heavy atom.